The van der Waals surface area contributed by atoms with Crippen molar-refractivity contribution in [2.45, 2.75) is 6.54 Å². The van der Waals surface area contributed by atoms with Gasteiger partial charge in [-0.15, -0.1) is 0 Å². The lowest BCUT2D eigenvalue weighted by molar-refractivity contribution is 0.956. The number of hydrogen-bond donors (Lipinski definition) is 1. The quantitative estimate of drug-likeness (QED) is 0.712. The van der Waals surface area contributed by atoms with Crippen molar-refractivity contribution >= 4 is 39.8 Å². The second-order valence-corrected chi connectivity index (χ2v) is 5.58. The van der Waals surface area contributed by atoms with Gasteiger partial charge in [-0.3, -0.25) is 0 Å². The van der Waals surface area contributed by atoms with Crippen LogP contribution in [0.25, 0.3) is 10.9 Å². The van der Waals surface area contributed by atoms with Crippen LogP contribution in [0, 0.1) is 0 Å². The van der Waals surface area contributed by atoms with Crippen LogP contribution in [-0.4, -0.2) is 4.57 Å². The first-order valence-electron chi connectivity index (χ1n) is 6.37. The van der Waals surface area contributed by atoms with Gasteiger partial charge in [0.05, 0.1) is 10.0 Å². The van der Waals surface area contributed by atoms with E-state index in [0.29, 0.717) is 10.0 Å². The Kier molecular flexibility index (Phi) is 3.60. The topological polar surface area (TPSA) is 17.0 Å². The summed E-state index contributed by atoms with van der Waals surface area (Å²) in [5, 5.41) is 5.78. The molecule has 0 fully saturated rings. The number of nitrogens with one attached hydrogen (secondary N) is 1. The lowest BCUT2D eigenvalue weighted by atomic mass is 10.2. The minimum atomic E-state index is 0.564. The van der Waals surface area contributed by atoms with E-state index in [0.717, 1.165) is 12.2 Å². The highest BCUT2D eigenvalue weighted by Gasteiger charge is 2.06. The average Bonchev–Trinajstić information content (AvgIpc) is 2.78. The summed E-state index contributed by atoms with van der Waals surface area (Å²) in [4.78, 5) is 0. The summed E-state index contributed by atoms with van der Waals surface area (Å²) in [6.07, 6.45) is 2.15. The average molecular weight is 305 g/mol. The molecule has 1 heterocycles. The number of benzene rings is 2. The predicted molar refractivity (Wildman–Crippen MR) is 86.7 cm³/mol. The molecule has 0 radical (unpaired) electrons. The van der Waals surface area contributed by atoms with Gasteiger partial charge in [0.2, 0.25) is 0 Å². The summed E-state index contributed by atoms with van der Waals surface area (Å²) >= 11 is 11.9. The van der Waals surface area contributed by atoms with E-state index in [1.54, 1.807) is 6.07 Å². The first kappa shape index (κ1) is 13.3. The van der Waals surface area contributed by atoms with Crippen LogP contribution in [0.5, 0.6) is 0 Å². The molecule has 0 aliphatic carbocycles. The van der Waals surface area contributed by atoms with Gasteiger partial charge in [0.15, 0.2) is 0 Å². The molecule has 0 aliphatic heterocycles. The Hall–Kier alpha value is -1.64. The van der Waals surface area contributed by atoms with E-state index in [9.17, 15) is 0 Å². The van der Waals surface area contributed by atoms with E-state index in [1.165, 1.54) is 16.5 Å². The fourth-order valence-electron chi connectivity index (χ4n) is 2.37. The highest BCUT2D eigenvalue weighted by atomic mass is 35.5. The SMILES string of the molecule is Cn1cc(CNc2ccc(Cl)c(Cl)c2)c2ccccc21. The van der Waals surface area contributed by atoms with E-state index >= 15 is 0 Å². The standard InChI is InChI=1S/C16H14Cl2N2/c1-20-10-11(13-4-2-3-5-16(13)20)9-19-12-6-7-14(17)15(18)8-12/h2-8,10,19H,9H2,1H3. The van der Waals surface area contributed by atoms with Crippen molar-refractivity contribution in [2.75, 3.05) is 5.32 Å². The van der Waals surface area contributed by atoms with Gasteiger partial charge < -0.3 is 9.88 Å². The molecule has 0 saturated carbocycles. The van der Waals surface area contributed by atoms with E-state index < -0.39 is 0 Å². The second kappa shape index (κ2) is 5.39. The van der Waals surface area contributed by atoms with Crippen LogP contribution >= 0.6 is 23.2 Å². The number of para-hydroxylation sites is 1. The predicted octanol–water partition coefficient (Wildman–Crippen LogP) is 5.10. The molecular weight excluding hydrogens is 291 g/mol. The van der Waals surface area contributed by atoms with E-state index in [1.807, 2.05) is 12.1 Å². The molecule has 0 bridgehead atoms. The number of nitrogens with zero attached hydrogens (tertiary/aromatic N) is 1. The van der Waals surface area contributed by atoms with E-state index in [2.05, 4.69) is 47.4 Å². The summed E-state index contributed by atoms with van der Waals surface area (Å²) in [5.41, 5.74) is 3.46. The Balaban J connectivity index is 1.85. The maximum absolute atomic E-state index is 6.02. The molecule has 1 N–H and O–H groups in total. The number of hydrogen-bond acceptors (Lipinski definition) is 1. The summed E-state index contributed by atoms with van der Waals surface area (Å²) in [7, 11) is 2.06. The van der Waals surface area contributed by atoms with Crippen LogP contribution in [0.4, 0.5) is 5.69 Å². The molecule has 3 aromatic rings. The molecule has 20 heavy (non-hydrogen) atoms. The third-order valence-electron chi connectivity index (χ3n) is 3.38. The molecule has 102 valence electrons. The van der Waals surface area contributed by atoms with Crippen LogP contribution in [0.3, 0.4) is 0 Å². The maximum Gasteiger partial charge on any atom is 0.0612 e. The minimum absolute atomic E-state index is 0.564. The Morgan fingerprint density at radius 2 is 1.85 bits per heavy atom. The summed E-state index contributed by atoms with van der Waals surface area (Å²) in [6.45, 7) is 0.749. The summed E-state index contributed by atoms with van der Waals surface area (Å²) in [6, 6.07) is 14.0. The highest BCUT2D eigenvalue weighted by Crippen LogP contribution is 2.26. The van der Waals surface area contributed by atoms with Crippen LogP contribution < -0.4 is 5.32 Å². The number of anilines is 1. The highest BCUT2D eigenvalue weighted by molar-refractivity contribution is 6.42. The zero-order chi connectivity index (χ0) is 14.1. The van der Waals surface area contributed by atoms with Crippen LogP contribution in [0.15, 0.2) is 48.7 Å². The molecule has 0 saturated heterocycles. The van der Waals surface area contributed by atoms with Crippen molar-refractivity contribution in [3.05, 3.63) is 64.3 Å². The summed E-state index contributed by atoms with van der Waals surface area (Å²) < 4.78 is 2.14. The third-order valence-corrected chi connectivity index (χ3v) is 4.12. The lowest BCUT2D eigenvalue weighted by Gasteiger charge is -2.06. The third kappa shape index (κ3) is 2.49. The van der Waals surface area contributed by atoms with Crippen molar-refractivity contribution in [1.29, 1.82) is 0 Å². The Labute approximate surface area is 127 Å². The van der Waals surface area contributed by atoms with Crippen molar-refractivity contribution in [1.82, 2.24) is 4.57 Å². The smallest absolute Gasteiger partial charge is 0.0612 e. The van der Waals surface area contributed by atoms with E-state index in [4.69, 9.17) is 23.2 Å². The maximum atomic E-state index is 6.02. The molecule has 0 spiro atoms. The van der Waals surface area contributed by atoms with Gasteiger partial charge in [-0.2, -0.15) is 0 Å². The first-order chi connectivity index (χ1) is 9.65. The van der Waals surface area contributed by atoms with Crippen LogP contribution in [-0.2, 0) is 13.6 Å². The monoisotopic (exact) mass is 304 g/mol. The zero-order valence-corrected chi connectivity index (χ0v) is 12.5. The van der Waals surface area contributed by atoms with Gasteiger partial charge in [-0.1, -0.05) is 41.4 Å². The molecular formula is C16H14Cl2N2. The zero-order valence-electron chi connectivity index (χ0n) is 11.0. The van der Waals surface area contributed by atoms with Gasteiger partial charge in [0.1, 0.15) is 0 Å². The molecule has 0 unspecified atom stereocenters. The Morgan fingerprint density at radius 3 is 2.65 bits per heavy atom. The largest absolute Gasteiger partial charge is 0.381 e. The molecule has 2 nitrogen and oxygen atoms in total. The fourth-order valence-corrected chi connectivity index (χ4v) is 2.67. The minimum Gasteiger partial charge on any atom is -0.381 e. The number of rotatable bonds is 3. The van der Waals surface area contributed by atoms with Crippen molar-refractivity contribution < 1.29 is 0 Å². The Bertz CT molecular complexity index is 762. The first-order valence-corrected chi connectivity index (χ1v) is 7.12. The molecule has 4 heteroatoms. The van der Waals surface area contributed by atoms with Gasteiger partial charge in [-0.05, 0) is 29.8 Å². The number of fused-ring (bicyclic) bond motifs is 1. The van der Waals surface area contributed by atoms with Crippen molar-refractivity contribution in [3.63, 3.8) is 0 Å². The summed E-state index contributed by atoms with van der Waals surface area (Å²) in [5.74, 6) is 0. The van der Waals surface area contributed by atoms with Gasteiger partial charge in [0.25, 0.3) is 0 Å². The molecule has 0 aliphatic rings. The van der Waals surface area contributed by atoms with Gasteiger partial charge in [-0.25, -0.2) is 0 Å². The number of aromatic nitrogens is 1. The van der Waals surface area contributed by atoms with Crippen molar-refractivity contribution in [2.24, 2.45) is 7.05 Å². The molecule has 0 atom stereocenters. The fraction of sp³-hybridized carbons (Fsp3) is 0.125. The molecule has 0 amide bonds. The van der Waals surface area contributed by atoms with E-state index in [-0.39, 0.29) is 0 Å². The van der Waals surface area contributed by atoms with Gasteiger partial charge in [0, 0.05) is 36.4 Å². The van der Waals surface area contributed by atoms with Crippen molar-refractivity contribution in [3.8, 4) is 0 Å². The molecule has 2 aromatic carbocycles. The number of halogens is 2. The lowest BCUT2D eigenvalue weighted by Crippen LogP contribution is -1.98. The number of aryl methyl sites for hydroxylation is 1. The second-order valence-electron chi connectivity index (χ2n) is 4.76. The van der Waals surface area contributed by atoms with Crippen LogP contribution in [0.2, 0.25) is 10.0 Å². The van der Waals surface area contributed by atoms with Gasteiger partial charge >= 0.3 is 0 Å². The molecule has 3 rings (SSSR count). The van der Waals surface area contributed by atoms with Crippen LogP contribution in [0.1, 0.15) is 5.56 Å². The normalized spacial score (nSPS) is 10.9. The molecule has 1 aromatic heterocycles. The Morgan fingerprint density at radius 1 is 1.05 bits per heavy atom.